The largest absolute Gasteiger partial charge is 0.376 e. The highest BCUT2D eigenvalue weighted by Crippen LogP contribution is 2.10. The Morgan fingerprint density at radius 2 is 2.04 bits per heavy atom. The van der Waals surface area contributed by atoms with Gasteiger partial charge in [0.05, 0.1) is 12.6 Å². The number of aromatic nitrogens is 2. The molecule has 9 nitrogen and oxygen atoms in total. The van der Waals surface area contributed by atoms with Gasteiger partial charge in [0.1, 0.15) is 0 Å². The molecule has 1 saturated heterocycles. The highest BCUT2D eigenvalue weighted by Gasteiger charge is 2.16. The summed E-state index contributed by atoms with van der Waals surface area (Å²) in [5, 5.41) is 9.70. The number of nitrogens with zero attached hydrogens (tertiary/aromatic N) is 3. The van der Waals surface area contributed by atoms with E-state index in [9.17, 15) is 0 Å². The first-order valence-corrected chi connectivity index (χ1v) is 9.26. The van der Waals surface area contributed by atoms with Crippen molar-refractivity contribution in [3.63, 3.8) is 0 Å². The van der Waals surface area contributed by atoms with E-state index in [0.29, 0.717) is 23.6 Å². The summed E-state index contributed by atoms with van der Waals surface area (Å²) in [4.78, 5) is 13.2. The van der Waals surface area contributed by atoms with Crippen LogP contribution in [0.15, 0.2) is 11.1 Å². The van der Waals surface area contributed by atoms with Crippen molar-refractivity contribution in [3.8, 4) is 0 Å². The van der Waals surface area contributed by atoms with Gasteiger partial charge in [-0.2, -0.15) is 0 Å². The summed E-state index contributed by atoms with van der Waals surface area (Å²) in [6, 6.07) is 1.90. The maximum absolute atomic E-state index is 5.59. The third kappa shape index (κ3) is 7.71. The molecule has 0 aromatic carbocycles. The van der Waals surface area contributed by atoms with Gasteiger partial charge in [-0.25, -0.2) is 15.0 Å². The highest BCUT2D eigenvalue weighted by molar-refractivity contribution is 7.80. The third-order valence-corrected chi connectivity index (χ3v) is 4.13. The lowest BCUT2D eigenvalue weighted by molar-refractivity contribution is -0.0937. The van der Waals surface area contributed by atoms with Crippen LogP contribution in [-0.4, -0.2) is 67.3 Å². The molecular formula is C17H28N6O3S. The van der Waals surface area contributed by atoms with E-state index in [1.165, 1.54) is 0 Å². The lowest BCUT2D eigenvalue weighted by Crippen LogP contribution is -2.45. The fourth-order valence-corrected chi connectivity index (χ4v) is 2.75. The van der Waals surface area contributed by atoms with E-state index in [4.69, 9.17) is 26.4 Å². The number of hydrogen-bond acceptors (Lipinski definition) is 7. The molecule has 0 bridgehead atoms. The molecule has 0 aliphatic carbocycles. The number of rotatable bonds is 7. The average molecular weight is 397 g/mol. The van der Waals surface area contributed by atoms with Crippen LogP contribution in [0.4, 0.5) is 5.95 Å². The molecule has 0 radical (unpaired) electrons. The summed E-state index contributed by atoms with van der Waals surface area (Å²) in [7, 11) is 3.12. The van der Waals surface area contributed by atoms with E-state index < -0.39 is 6.29 Å². The predicted octanol–water partition coefficient (Wildman–Crippen LogP) is 1.12. The maximum atomic E-state index is 5.59. The smallest absolute Gasteiger partial charge is 0.229 e. The fourth-order valence-electron chi connectivity index (χ4n) is 2.57. The number of methoxy groups -OCH3 is 2. The highest BCUT2D eigenvalue weighted by atomic mass is 32.1. The van der Waals surface area contributed by atoms with Crippen LogP contribution >= 0.6 is 12.2 Å². The van der Waals surface area contributed by atoms with Crippen LogP contribution in [0.1, 0.15) is 24.2 Å². The second kappa shape index (κ2) is 11.1. The number of hydrogen-bond donors (Lipinski definition) is 3. The number of ether oxygens (including phenoxy) is 3. The third-order valence-electron chi connectivity index (χ3n) is 3.88. The summed E-state index contributed by atoms with van der Waals surface area (Å²) in [6.07, 6.45) is 1.85. The van der Waals surface area contributed by atoms with Gasteiger partial charge < -0.3 is 24.8 Å². The molecule has 2 rings (SSSR count). The molecule has 1 aliphatic rings. The Morgan fingerprint density at radius 1 is 1.33 bits per heavy atom. The number of nitrogens with one attached hydrogen (secondary N) is 3. The Balaban J connectivity index is 2.01. The van der Waals surface area contributed by atoms with E-state index in [0.717, 1.165) is 30.8 Å². The van der Waals surface area contributed by atoms with Crippen molar-refractivity contribution in [3.05, 3.63) is 17.5 Å². The van der Waals surface area contributed by atoms with E-state index in [-0.39, 0.29) is 12.6 Å². The molecule has 10 heteroatoms. The zero-order valence-corrected chi connectivity index (χ0v) is 17.1. The summed E-state index contributed by atoms with van der Waals surface area (Å²) >= 11 is 5.37. The molecule has 0 saturated carbocycles. The molecule has 1 aromatic heterocycles. The summed E-state index contributed by atoms with van der Waals surface area (Å²) < 4.78 is 15.9. The number of thiocarbonyl (C=S) groups is 1. The quantitative estimate of drug-likeness (QED) is 0.271. The van der Waals surface area contributed by atoms with Crippen molar-refractivity contribution < 1.29 is 14.2 Å². The van der Waals surface area contributed by atoms with Crippen LogP contribution in [-0.2, 0) is 14.2 Å². The van der Waals surface area contributed by atoms with Crippen molar-refractivity contribution in [1.29, 1.82) is 0 Å². The van der Waals surface area contributed by atoms with Gasteiger partial charge in [-0.05, 0) is 45.0 Å². The minimum Gasteiger partial charge on any atom is -0.376 e. The molecule has 150 valence electrons. The second-order valence-corrected chi connectivity index (χ2v) is 6.57. The topological polar surface area (TPSA) is 102 Å². The van der Waals surface area contributed by atoms with Crippen LogP contribution in [0.5, 0.6) is 0 Å². The van der Waals surface area contributed by atoms with Gasteiger partial charge in [0.15, 0.2) is 11.4 Å². The van der Waals surface area contributed by atoms with Gasteiger partial charge in [-0.15, -0.1) is 0 Å². The average Bonchev–Trinajstić information content (AvgIpc) is 3.13. The number of anilines is 1. The van der Waals surface area contributed by atoms with Crippen LogP contribution < -0.4 is 16.0 Å². The minimum atomic E-state index is -0.461. The minimum absolute atomic E-state index is 0.187. The van der Waals surface area contributed by atoms with Crippen molar-refractivity contribution in [2.75, 3.05) is 39.2 Å². The van der Waals surface area contributed by atoms with E-state index in [1.807, 2.05) is 19.9 Å². The Kier molecular flexibility index (Phi) is 8.79. The Bertz CT molecular complexity index is 627. The zero-order chi connectivity index (χ0) is 19.6. The first-order valence-electron chi connectivity index (χ1n) is 8.86. The Morgan fingerprint density at radius 3 is 2.63 bits per heavy atom. The van der Waals surface area contributed by atoms with Crippen LogP contribution in [0.2, 0.25) is 0 Å². The predicted molar refractivity (Wildman–Crippen MR) is 108 cm³/mol. The molecular weight excluding hydrogens is 368 g/mol. The molecule has 1 atom stereocenters. The number of guanidine groups is 1. The van der Waals surface area contributed by atoms with Crippen molar-refractivity contribution in [1.82, 2.24) is 20.6 Å². The number of aliphatic imine (C=N–C) groups is 1. The Labute approximate surface area is 165 Å². The van der Waals surface area contributed by atoms with Crippen molar-refractivity contribution >= 4 is 29.2 Å². The Hall–Kier alpha value is -1.88. The summed E-state index contributed by atoms with van der Waals surface area (Å²) in [5.74, 6) is 0.844. The summed E-state index contributed by atoms with van der Waals surface area (Å²) in [6.45, 7) is 5.55. The zero-order valence-electron chi connectivity index (χ0n) is 16.2. The molecule has 1 aromatic rings. The fraction of sp³-hybridized carbons (Fsp3) is 0.647. The maximum Gasteiger partial charge on any atom is 0.229 e. The first-order chi connectivity index (χ1) is 13.0. The molecule has 0 amide bonds. The van der Waals surface area contributed by atoms with Gasteiger partial charge in [0, 0.05) is 38.8 Å². The van der Waals surface area contributed by atoms with Gasteiger partial charge in [0.2, 0.25) is 11.9 Å². The van der Waals surface area contributed by atoms with Gasteiger partial charge in [-0.1, -0.05) is 0 Å². The SMILES string of the molecule is COC(CN=C(NC(=S)NCC1CCCO1)Nc1nc(C)cc(C)n1)OC. The standard InChI is InChI=1S/C17H28N6O3S/c1-11-8-12(2)21-16(20-11)22-15(18-10-14(24-3)25-4)23-17(27)19-9-13-6-5-7-26-13/h8,13-14H,5-7,9-10H2,1-4H3,(H3,18,19,20,21,22,23,27). The molecule has 1 unspecified atom stereocenters. The van der Waals surface area contributed by atoms with Crippen molar-refractivity contribution in [2.45, 2.75) is 39.1 Å². The summed E-state index contributed by atoms with van der Waals surface area (Å²) in [5.41, 5.74) is 1.71. The molecule has 0 spiro atoms. The van der Waals surface area contributed by atoms with Gasteiger partial charge in [-0.3, -0.25) is 5.32 Å². The van der Waals surface area contributed by atoms with E-state index in [2.05, 4.69) is 30.9 Å². The molecule has 1 aliphatic heterocycles. The molecule has 27 heavy (non-hydrogen) atoms. The van der Waals surface area contributed by atoms with Crippen LogP contribution in [0.25, 0.3) is 0 Å². The monoisotopic (exact) mass is 396 g/mol. The van der Waals surface area contributed by atoms with E-state index in [1.54, 1.807) is 14.2 Å². The normalized spacial score (nSPS) is 17.2. The lowest BCUT2D eigenvalue weighted by Gasteiger charge is -2.17. The van der Waals surface area contributed by atoms with E-state index >= 15 is 0 Å². The molecule has 2 heterocycles. The number of aryl methyl sites for hydroxylation is 2. The van der Waals surface area contributed by atoms with Crippen LogP contribution in [0, 0.1) is 13.8 Å². The second-order valence-electron chi connectivity index (χ2n) is 6.16. The van der Waals surface area contributed by atoms with Crippen molar-refractivity contribution in [2.24, 2.45) is 4.99 Å². The molecule has 1 fully saturated rings. The molecule has 3 N–H and O–H groups in total. The first kappa shape index (κ1) is 21.4. The van der Waals surface area contributed by atoms with Gasteiger partial charge >= 0.3 is 0 Å². The van der Waals surface area contributed by atoms with Gasteiger partial charge in [0.25, 0.3) is 0 Å². The lowest BCUT2D eigenvalue weighted by atomic mass is 10.2. The van der Waals surface area contributed by atoms with Crippen LogP contribution in [0.3, 0.4) is 0 Å².